The van der Waals surface area contributed by atoms with E-state index >= 15 is 0 Å². The Hall–Kier alpha value is -3.63. The number of hydrogen-bond acceptors (Lipinski definition) is 5. The summed E-state index contributed by atoms with van der Waals surface area (Å²) in [5.74, 6) is -1.40. The van der Waals surface area contributed by atoms with Crippen LogP contribution in [0.25, 0.3) is 5.65 Å². The van der Waals surface area contributed by atoms with Gasteiger partial charge >= 0.3 is 17.1 Å². The molecule has 0 atom stereocenters. The van der Waals surface area contributed by atoms with Crippen molar-refractivity contribution in [3.8, 4) is 5.88 Å². The van der Waals surface area contributed by atoms with E-state index in [9.17, 15) is 19.5 Å². The van der Waals surface area contributed by atoms with Crippen LogP contribution in [0, 0.1) is 19.8 Å². The largest absolute Gasteiger partial charge is 0.477 e. The smallest absolute Gasteiger partial charge is 0.378 e. The van der Waals surface area contributed by atoms with Gasteiger partial charge in [0.2, 0.25) is 5.56 Å². The molecule has 11 nitrogen and oxygen atoms in total. The standard InChI is InChI=1S/C22H29N7O4/c1-11(2)10-28-20-16(18(30)23-8-15-12(3)26-27(5)13(15)4)9-24-29(20)22(33)17(21(28)32)19(31)25-14-6-7-14/h9,11,14H,6-8,10H2,1-5H3,(H3,23,25,30,31,32,33)/p+1. The lowest BCUT2D eigenvalue weighted by Crippen LogP contribution is -2.46. The van der Waals surface area contributed by atoms with E-state index in [0.717, 1.165) is 34.3 Å². The number of fused-ring (bicyclic) bond motifs is 1. The minimum Gasteiger partial charge on any atom is -0.477 e. The van der Waals surface area contributed by atoms with Crippen molar-refractivity contribution >= 4 is 17.5 Å². The monoisotopic (exact) mass is 456 g/mol. The number of carbonyl (C=O) groups is 2. The maximum absolute atomic E-state index is 13.1. The molecule has 0 unspecified atom stereocenters. The Bertz CT molecular complexity index is 1310. The lowest BCUT2D eigenvalue weighted by atomic mass is 10.2. The summed E-state index contributed by atoms with van der Waals surface area (Å²) in [6.07, 6.45) is 3.11. The van der Waals surface area contributed by atoms with Gasteiger partial charge < -0.3 is 15.7 Å². The molecule has 1 saturated carbocycles. The average Bonchev–Trinajstić information content (AvgIpc) is 3.37. The van der Waals surface area contributed by atoms with Gasteiger partial charge in [0, 0.05) is 30.9 Å². The number of amides is 2. The van der Waals surface area contributed by atoms with Gasteiger partial charge in [-0.1, -0.05) is 18.4 Å². The van der Waals surface area contributed by atoms with Crippen LogP contribution in [0.15, 0.2) is 11.0 Å². The molecule has 176 valence electrons. The quantitative estimate of drug-likeness (QED) is 0.383. The fourth-order valence-electron chi connectivity index (χ4n) is 3.97. The third-order valence-corrected chi connectivity index (χ3v) is 5.96. The molecule has 0 aromatic carbocycles. The fraction of sp³-hybridized carbons (Fsp3) is 0.500. The molecule has 33 heavy (non-hydrogen) atoms. The molecule has 3 aromatic heterocycles. The summed E-state index contributed by atoms with van der Waals surface area (Å²) in [4.78, 5) is 38.9. The Morgan fingerprint density at radius 1 is 1.30 bits per heavy atom. The minimum absolute atomic E-state index is 0.0277. The molecule has 4 N–H and O–H groups in total. The van der Waals surface area contributed by atoms with Crippen LogP contribution in [-0.4, -0.2) is 42.4 Å². The molecule has 3 heterocycles. The normalized spacial score (nSPS) is 13.6. The fourth-order valence-corrected chi connectivity index (χ4v) is 3.97. The number of hydrogen-bond donors (Lipinski definition) is 4. The molecule has 0 saturated heterocycles. The molecule has 0 bridgehead atoms. The molecule has 0 spiro atoms. The van der Waals surface area contributed by atoms with Gasteiger partial charge in [-0.3, -0.25) is 14.3 Å². The maximum Gasteiger partial charge on any atom is 0.378 e. The minimum atomic E-state index is -0.710. The van der Waals surface area contributed by atoms with Crippen LogP contribution in [-0.2, 0) is 20.1 Å². The van der Waals surface area contributed by atoms with Gasteiger partial charge in [-0.25, -0.2) is 9.89 Å². The molecule has 1 aliphatic carbocycles. The van der Waals surface area contributed by atoms with Crippen LogP contribution in [0.4, 0.5) is 0 Å². The molecule has 1 fully saturated rings. The number of aryl methyl sites for hydroxylation is 2. The molecule has 1 aliphatic rings. The van der Waals surface area contributed by atoms with E-state index < -0.39 is 23.3 Å². The first-order valence-corrected chi connectivity index (χ1v) is 11.1. The van der Waals surface area contributed by atoms with E-state index in [-0.39, 0.29) is 35.3 Å². The van der Waals surface area contributed by atoms with Crippen LogP contribution >= 0.6 is 0 Å². The highest BCUT2D eigenvalue weighted by Crippen LogP contribution is 2.21. The maximum atomic E-state index is 13.1. The number of nitrogens with one attached hydrogen (secondary N) is 3. The van der Waals surface area contributed by atoms with Crippen molar-refractivity contribution in [2.24, 2.45) is 13.0 Å². The summed E-state index contributed by atoms with van der Waals surface area (Å²) in [7, 11) is 1.84. The molecule has 4 rings (SSSR count). The number of aromatic amines is 1. The Balaban J connectivity index is 1.75. The Labute approximate surface area is 190 Å². The molecule has 3 aromatic rings. The summed E-state index contributed by atoms with van der Waals surface area (Å²) < 4.78 is 4.34. The highest BCUT2D eigenvalue weighted by Gasteiger charge is 2.35. The van der Waals surface area contributed by atoms with Crippen molar-refractivity contribution in [1.82, 2.24) is 30.0 Å². The molecular formula is C22H30N7O4+. The lowest BCUT2D eigenvalue weighted by molar-refractivity contribution is -0.686. The van der Waals surface area contributed by atoms with Gasteiger partial charge in [0.1, 0.15) is 0 Å². The van der Waals surface area contributed by atoms with Gasteiger partial charge in [-0.15, -0.1) is 0 Å². The van der Waals surface area contributed by atoms with Gasteiger partial charge in [0.05, 0.1) is 18.4 Å². The molecular weight excluding hydrogens is 426 g/mol. The first kappa shape index (κ1) is 22.6. The molecule has 11 heteroatoms. The third kappa shape index (κ3) is 4.10. The number of nitrogens with zero attached hydrogens (tertiary/aromatic N) is 4. The lowest BCUT2D eigenvalue weighted by Gasteiger charge is -2.11. The van der Waals surface area contributed by atoms with E-state index in [2.05, 4.69) is 20.8 Å². The zero-order valence-corrected chi connectivity index (χ0v) is 19.5. The van der Waals surface area contributed by atoms with Crippen molar-refractivity contribution in [1.29, 1.82) is 0 Å². The highest BCUT2D eigenvalue weighted by atomic mass is 16.3. The van der Waals surface area contributed by atoms with Crippen molar-refractivity contribution in [3.05, 3.63) is 44.6 Å². The third-order valence-electron chi connectivity index (χ3n) is 5.96. The number of carbonyl (C=O) groups excluding carboxylic acids is 2. The summed E-state index contributed by atoms with van der Waals surface area (Å²) in [6, 6.07) is 0.0277. The first-order chi connectivity index (χ1) is 15.6. The van der Waals surface area contributed by atoms with Gasteiger partial charge in [0.25, 0.3) is 11.8 Å². The van der Waals surface area contributed by atoms with E-state index in [4.69, 9.17) is 0 Å². The summed E-state index contributed by atoms with van der Waals surface area (Å²) in [6.45, 7) is 8.26. The summed E-state index contributed by atoms with van der Waals surface area (Å²) in [5, 5.41) is 23.7. The van der Waals surface area contributed by atoms with Gasteiger partial charge in [-0.2, -0.15) is 9.67 Å². The summed E-state index contributed by atoms with van der Waals surface area (Å²) >= 11 is 0. The van der Waals surface area contributed by atoms with E-state index in [1.807, 2.05) is 34.7 Å². The second-order valence-corrected chi connectivity index (χ2v) is 9.06. The zero-order chi connectivity index (χ0) is 24.0. The van der Waals surface area contributed by atoms with Crippen molar-refractivity contribution in [2.45, 2.75) is 59.7 Å². The van der Waals surface area contributed by atoms with Crippen molar-refractivity contribution in [3.63, 3.8) is 0 Å². The van der Waals surface area contributed by atoms with E-state index in [1.54, 1.807) is 4.68 Å². The molecule has 2 amide bonds. The molecule has 0 aliphatic heterocycles. The van der Waals surface area contributed by atoms with Gasteiger partial charge in [-0.05, 0) is 32.6 Å². The van der Waals surface area contributed by atoms with Crippen LogP contribution in [0.3, 0.4) is 0 Å². The van der Waals surface area contributed by atoms with E-state index in [1.165, 1.54) is 10.8 Å². The van der Waals surface area contributed by atoms with Crippen LogP contribution in [0.2, 0.25) is 0 Å². The second kappa shape index (κ2) is 8.38. The zero-order valence-electron chi connectivity index (χ0n) is 19.5. The Morgan fingerprint density at radius 3 is 2.58 bits per heavy atom. The predicted molar refractivity (Wildman–Crippen MR) is 119 cm³/mol. The van der Waals surface area contributed by atoms with Gasteiger partial charge in [0.15, 0.2) is 5.56 Å². The number of aromatic nitrogens is 5. The van der Waals surface area contributed by atoms with Crippen LogP contribution in [0.1, 0.15) is 64.4 Å². The first-order valence-electron chi connectivity index (χ1n) is 11.1. The van der Waals surface area contributed by atoms with Crippen LogP contribution in [0.5, 0.6) is 5.88 Å². The number of aromatic hydroxyl groups is 1. The topological polar surface area (TPSA) is 137 Å². The van der Waals surface area contributed by atoms with Crippen molar-refractivity contribution < 1.29 is 19.3 Å². The predicted octanol–water partition coefficient (Wildman–Crippen LogP) is 0.449. The van der Waals surface area contributed by atoms with Crippen LogP contribution < -0.4 is 20.8 Å². The highest BCUT2D eigenvalue weighted by molar-refractivity contribution is 6.00. The summed E-state index contributed by atoms with van der Waals surface area (Å²) in [5.41, 5.74) is 2.03. The Morgan fingerprint density at radius 2 is 2.00 bits per heavy atom. The Kier molecular flexibility index (Phi) is 5.73. The molecule has 0 radical (unpaired) electrons. The average molecular weight is 457 g/mol. The number of rotatable bonds is 7. The van der Waals surface area contributed by atoms with E-state index in [0.29, 0.717) is 6.54 Å². The number of H-pyrrole nitrogens is 1. The second-order valence-electron chi connectivity index (χ2n) is 9.06. The SMILES string of the molecule is Cc1nn(C)c(C)c1CNC(=O)c1c[nH]n2c(=O)c(C(=O)NC3CC3)c(O)[n+](CC(C)C)c12. The van der Waals surface area contributed by atoms with Crippen molar-refractivity contribution in [2.75, 3.05) is 0 Å².